The van der Waals surface area contributed by atoms with Crippen LogP contribution >= 0.6 is 23.1 Å². The lowest BCUT2D eigenvalue weighted by atomic mass is 10.1. The summed E-state index contributed by atoms with van der Waals surface area (Å²) in [5.74, 6) is 0.154. The van der Waals surface area contributed by atoms with E-state index in [4.69, 9.17) is 9.72 Å². The molecule has 2 aromatic heterocycles. The number of benzene rings is 1. The largest absolute Gasteiger partial charge is 0.497 e. The topological polar surface area (TPSA) is 102 Å². The van der Waals surface area contributed by atoms with Crippen molar-refractivity contribution in [3.05, 3.63) is 45.1 Å². The van der Waals surface area contributed by atoms with Crippen molar-refractivity contribution < 1.29 is 14.3 Å². The second-order valence-corrected chi connectivity index (χ2v) is 10.6. The van der Waals surface area contributed by atoms with Gasteiger partial charge in [0.1, 0.15) is 10.6 Å². The lowest BCUT2D eigenvalue weighted by Gasteiger charge is -2.13. The van der Waals surface area contributed by atoms with Crippen molar-refractivity contribution >= 4 is 45.3 Å². The maximum atomic E-state index is 13.9. The number of imide groups is 1. The standard InChI is InChI=1S/C24H26N4O4S2/c1-32-16-7-5-6-15(12-16)28-22(30)20-17-8-3-2-4-9-18(17)34-21(20)27-24(28)33-13-19(29)26-23(31)25-14-10-11-14/h5-7,12,14H,2-4,8-11,13H2,1H3,(H2,25,26,29,31). The average Bonchev–Trinajstić information content (AvgIpc) is 3.61. The van der Waals surface area contributed by atoms with Gasteiger partial charge >= 0.3 is 6.03 Å². The van der Waals surface area contributed by atoms with E-state index in [1.165, 1.54) is 4.88 Å². The average molecular weight is 499 g/mol. The first-order chi connectivity index (χ1) is 16.5. The Bertz CT molecular complexity index is 1310. The van der Waals surface area contributed by atoms with E-state index in [0.29, 0.717) is 26.8 Å². The van der Waals surface area contributed by atoms with E-state index in [1.807, 2.05) is 18.2 Å². The minimum absolute atomic E-state index is 0.0366. The summed E-state index contributed by atoms with van der Waals surface area (Å²) in [5.41, 5.74) is 1.62. The molecule has 2 heterocycles. The van der Waals surface area contributed by atoms with Gasteiger partial charge in [-0.3, -0.25) is 19.5 Å². The van der Waals surface area contributed by atoms with Crippen LogP contribution in [0.5, 0.6) is 5.75 Å². The maximum Gasteiger partial charge on any atom is 0.321 e. The number of carbonyl (C=O) groups is 2. The first kappa shape index (κ1) is 22.9. The minimum atomic E-state index is -0.483. The van der Waals surface area contributed by atoms with Gasteiger partial charge in [0.2, 0.25) is 5.91 Å². The number of aryl methyl sites for hydroxylation is 2. The van der Waals surface area contributed by atoms with E-state index in [9.17, 15) is 14.4 Å². The molecule has 0 atom stereocenters. The van der Waals surface area contributed by atoms with Gasteiger partial charge in [0.05, 0.1) is 23.9 Å². The molecule has 178 valence electrons. The number of carbonyl (C=O) groups excluding carboxylic acids is 2. The molecule has 2 N–H and O–H groups in total. The Morgan fingerprint density at radius 1 is 1.24 bits per heavy atom. The molecule has 1 aromatic carbocycles. The third kappa shape index (κ3) is 4.83. The van der Waals surface area contributed by atoms with Crippen LogP contribution in [-0.4, -0.2) is 40.4 Å². The van der Waals surface area contributed by atoms with Gasteiger partial charge in [-0.15, -0.1) is 11.3 Å². The molecular weight excluding hydrogens is 472 g/mol. The molecule has 0 spiro atoms. The predicted molar refractivity (Wildman–Crippen MR) is 133 cm³/mol. The van der Waals surface area contributed by atoms with Gasteiger partial charge in [0.25, 0.3) is 5.56 Å². The van der Waals surface area contributed by atoms with Gasteiger partial charge in [0.15, 0.2) is 5.16 Å². The molecule has 0 aliphatic heterocycles. The minimum Gasteiger partial charge on any atom is -0.497 e. The van der Waals surface area contributed by atoms with E-state index < -0.39 is 11.9 Å². The summed E-state index contributed by atoms with van der Waals surface area (Å²) in [6, 6.07) is 6.93. The predicted octanol–water partition coefficient (Wildman–Crippen LogP) is 3.81. The quantitative estimate of drug-likeness (QED) is 0.304. The smallest absolute Gasteiger partial charge is 0.321 e. The number of nitrogens with one attached hydrogen (secondary N) is 2. The van der Waals surface area contributed by atoms with E-state index in [0.717, 1.165) is 62.3 Å². The lowest BCUT2D eigenvalue weighted by Crippen LogP contribution is -2.41. The molecular formula is C24H26N4O4S2. The van der Waals surface area contributed by atoms with Crippen molar-refractivity contribution in [3.8, 4) is 11.4 Å². The van der Waals surface area contributed by atoms with E-state index in [-0.39, 0.29) is 17.4 Å². The third-order valence-electron chi connectivity index (χ3n) is 6.02. The summed E-state index contributed by atoms with van der Waals surface area (Å²) in [6.45, 7) is 0. The van der Waals surface area contributed by atoms with Gasteiger partial charge in [-0.1, -0.05) is 24.2 Å². The Kier molecular flexibility index (Phi) is 6.60. The van der Waals surface area contributed by atoms with Crippen molar-refractivity contribution in [2.45, 2.75) is 56.1 Å². The number of thioether (sulfide) groups is 1. The number of urea groups is 1. The number of fused-ring (bicyclic) bond motifs is 3. The first-order valence-electron chi connectivity index (χ1n) is 11.5. The fourth-order valence-corrected chi connectivity index (χ4v) is 6.29. The zero-order chi connectivity index (χ0) is 23.7. The summed E-state index contributed by atoms with van der Waals surface area (Å²) in [4.78, 5) is 45.0. The highest BCUT2D eigenvalue weighted by molar-refractivity contribution is 7.99. The monoisotopic (exact) mass is 498 g/mol. The van der Waals surface area contributed by atoms with Gasteiger partial charge in [-0.05, 0) is 56.2 Å². The van der Waals surface area contributed by atoms with E-state index in [1.54, 1.807) is 29.1 Å². The van der Waals surface area contributed by atoms with Crippen LogP contribution in [0.2, 0.25) is 0 Å². The SMILES string of the molecule is COc1cccc(-n2c(SCC(=O)NC(=O)NC3CC3)nc3sc4c(c3c2=O)CCCCC4)c1. The van der Waals surface area contributed by atoms with Gasteiger partial charge < -0.3 is 10.1 Å². The second kappa shape index (κ2) is 9.79. The second-order valence-electron chi connectivity index (χ2n) is 8.57. The Balaban J connectivity index is 1.51. The molecule has 8 nitrogen and oxygen atoms in total. The number of ether oxygens (including phenoxy) is 1. The zero-order valence-corrected chi connectivity index (χ0v) is 20.5. The molecule has 0 unspecified atom stereocenters. The highest BCUT2D eigenvalue weighted by Crippen LogP contribution is 2.35. The van der Waals surface area contributed by atoms with Crippen molar-refractivity contribution in [3.63, 3.8) is 0 Å². The number of thiophene rings is 1. The van der Waals surface area contributed by atoms with E-state index >= 15 is 0 Å². The summed E-state index contributed by atoms with van der Waals surface area (Å²) in [6.07, 6.45) is 7.09. The molecule has 3 aromatic rings. The number of aromatic nitrogens is 2. The van der Waals surface area contributed by atoms with Crippen molar-refractivity contribution in [1.82, 2.24) is 20.2 Å². The number of rotatable bonds is 6. The number of hydrogen-bond acceptors (Lipinski definition) is 7. The van der Waals surface area contributed by atoms with Crippen molar-refractivity contribution in [2.75, 3.05) is 12.9 Å². The molecule has 34 heavy (non-hydrogen) atoms. The normalized spacial score (nSPS) is 15.4. The van der Waals surface area contributed by atoms with Gasteiger partial charge in [-0.2, -0.15) is 0 Å². The lowest BCUT2D eigenvalue weighted by molar-refractivity contribution is -0.117. The van der Waals surface area contributed by atoms with Crippen LogP contribution in [0.4, 0.5) is 4.79 Å². The summed E-state index contributed by atoms with van der Waals surface area (Å²) >= 11 is 2.73. The van der Waals surface area contributed by atoms with Crippen LogP contribution < -0.4 is 20.9 Å². The molecule has 1 fully saturated rings. The molecule has 2 aliphatic rings. The number of hydrogen-bond donors (Lipinski definition) is 2. The third-order valence-corrected chi connectivity index (χ3v) is 8.14. The Hall–Kier alpha value is -2.85. The summed E-state index contributed by atoms with van der Waals surface area (Å²) in [5, 5.41) is 6.19. The van der Waals surface area contributed by atoms with Crippen molar-refractivity contribution in [1.29, 1.82) is 0 Å². The van der Waals surface area contributed by atoms with Crippen LogP contribution in [0.1, 0.15) is 42.5 Å². The molecule has 10 heteroatoms. The number of methoxy groups -OCH3 is 1. The van der Waals surface area contributed by atoms with Crippen LogP contribution in [0.3, 0.4) is 0 Å². The van der Waals surface area contributed by atoms with Crippen LogP contribution in [0.15, 0.2) is 34.2 Å². The number of nitrogens with zero attached hydrogens (tertiary/aromatic N) is 2. The summed E-state index contributed by atoms with van der Waals surface area (Å²) < 4.78 is 6.93. The molecule has 0 saturated heterocycles. The van der Waals surface area contributed by atoms with E-state index in [2.05, 4.69) is 10.6 Å². The van der Waals surface area contributed by atoms with Crippen LogP contribution in [0.25, 0.3) is 15.9 Å². The zero-order valence-electron chi connectivity index (χ0n) is 18.9. The Morgan fingerprint density at radius 3 is 2.85 bits per heavy atom. The van der Waals surface area contributed by atoms with Crippen molar-refractivity contribution in [2.24, 2.45) is 0 Å². The Morgan fingerprint density at radius 2 is 2.06 bits per heavy atom. The molecule has 5 rings (SSSR count). The molecule has 0 radical (unpaired) electrons. The number of amides is 3. The van der Waals surface area contributed by atoms with Gasteiger partial charge in [0, 0.05) is 17.0 Å². The molecule has 1 saturated carbocycles. The summed E-state index contributed by atoms with van der Waals surface area (Å²) in [7, 11) is 1.58. The fraction of sp³-hybridized carbons (Fsp3) is 0.417. The first-order valence-corrected chi connectivity index (χ1v) is 13.3. The maximum absolute atomic E-state index is 13.9. The molecule has 0 bridgehead atoms. The molecule has 3 amide bonds. The van der Waals surface area contributed by atoms with Crippen LogP contribution in [0, 0.1) is 0 Å². The fourth-order valence-electron chi connectivity index (χ4n) is 4.18. The van der Waals surface area contributed by atoms with Crippen LogP contribution in [-0.2, 0) is 17.6 Å². The highest BCUT2D eigenvalue weighted by Gasteiger charge is 2.25. The molecule has 2 aliphatic carbocycles. The Labute approximate surface area is 205 Å². The van der Waals surface area contributed by atoms with Gasteiger partial charge in [-0.25, -0.2) is 9.78 Å². The highest BCUT2D eigenvalue weighted by atomic mass is 32.2.